The SMILES string of the molecule is Cc1ccc(NC(=O)c2ccnc(N3CCOCC3)c2)cc1Nc1ccnc(NCCCN2CCOCC2)n1. The van der Waals surface area contributed by atoms with E-state index < -0.39 is 0 Å². The van der Waals surface area contributed by atoms with Gasteiger partial charge in [0, 0.05) is 62.1 Å². The number of rotatable bonds is 10. The number of ether oxygens (including phenoxy) is 2. The number of pyridine rings is 1. The van der Waals surface area contributed by atoms with Crippen LogP contribution in [0.15, 0.2) is 48.8 Å². The van der Waals surface area contributed by atoms with Crippen molar-refractivity contribution in [1.29, 1.82) is 0 Å². The third-order valence-corrected chi connectivity index (χ3v) is 6.79. The number of amides is 1. The number of benzene rings is 1. The lowest BCUT2D eigenvalue weighted by Crippen LogP contribution is -2.37. The van der Waals surface area contributed by atoms with Crippen LogP contribution in [0.3, 0.4) is 0 Å². The quantitative estimate of drug-likeness (QED) is 0.336. The molecule has 0 aliphatic carbocycles. The van der Waals surface area contributed by atoms with Gasteiger partial charge in [0.1, 0.15) is 11.6 Å². The molecule has 2 aliphatic heterocycles. The van der Waals surface area contributed by atoms with Gasteiger partial charge >= 0.3 is 0 Å². The summed E-state index contributed by atoms with van der Waals surface area (Å²) in [6.07, 6.45) is 4.41. The van der Waals surface area contributed by atoms with Crippen LogP contribution in [-0.2, 0) is 9.47 Å². The number of anilines is 5. The van der Waals surface area contributed by atoms with Gasteiger partial charge in [0.15, 0.2) is 0 Å². The highest BCUT2D eigenvalue weighted by atomic mass is 16.5. The molecule has 3 aromatic rings. The summed E-state index contributed by atoms with van der Waals surface area (Å²) in [4.78, 5) is 31.0. The molecule has 3 N–H and O–H groups in total. The maximum Gasteiger partial charge on any atom is 0.255 e. The molecule has 2 fully saturated rings. The summed E-state index contributed by atoms with van der Waals surface area (Å²) in [7, 11) is 0. The molecule has 0 atom stereocenters. The average molecular weight is 533 g/mol. The summed E-state index contributed by atoms with van der Waals surface area (Å²) in [5.74, 6) is 1.85. The summed E-state index contributed by atoms with van der Waals surface area (Å²) in [5, 5.41) is 9.69. The number of morpholine rings is 2. The molecule has 11 heteroatoms. The predicted octanol–water partition coefficient (Wildman–Crippen LogP) is 3.15. The van der Waals surface area contributed by atoms with E-state index in [0.717, 1.165) is 76.0 Å². The molecule has 5 rings (SSSR count). The van der Waals surface area contributed by atoms with Crippen molar-refractivity contribution >= 4 is 34.9 Å². The van der Waals surface area contributed by atoms with Crippen LogP contribution in [-0.4, -0.2) is 91.5 Å². The fourth-order valence-electron chi connectivity index (χ4n) is 4.54. The van der Waals surface area contributed by atoms with Crippen molar-refractivity contribution in [2.75, 3.05) is 86.5 Å². The van der Waals surface area contributed by atoms with Gasteiger partial charge in [-0.15, -0.1) is 0 Å². The van der Waals surface area contributed by atoms with Crippen molar-refractivity contribution in [2.45, 2.75) is 13.3 Å². The van der Waals surface area contributed by atoms with Crippen molar-refractivity contribution in [3.8, 4) is 0 Å². The molecule has 4 heterocycles. The molecule has 2 saturated heterocycles. The number of nitrogens with zero attached hydrogens (tertiary/aromatic N) is 5. The fourth-order valence-corrected chi connectivity index (χ4v) is 4.54. The Kier molecular flexibility index (Phi) is 9.15. The lowest BCUT2D eigenvalue weighted by molar-refractivity contribution is 0.0378. The number of aromatic nitrogens is 3. The first-order chi connectivity index (χ1) is 19.1. The van der Waals surface area contributed by atoms with E-state index in [0.29, 0.717) is 36.2 Å². The zero-order valence-corrected chi connectivity index (χ0v) is 22.4. The summed E-state index contributed by atoms with van der Waals surface area (Å²) in [5.41, 5.74) is 3.13. The van der Waals surface area contributed by atoms with E-state index in [1.54, 1.807) is 18.5 Å². The van der Waals surface area contributed by atoms with Gasteiger partial charge in [-0.1, -0.05) is 6.07 Å². The van der Waals surface area contributed by atoms with Gasteiger partial charge in [0.2, 0.25) is 5.95 Å². The van der Waals surface area contributed by atoms with Gasteiger partial charge in [0.25, 0.3) is 5.91 Å². The second-order valence-electron chi connectivity index (χ2n) is 9.61. The number of hydrogen-bond acceptors (Lipinski definition) is 10. The molecule has 1 amide bonds. The highest BCUT2D eigenvalue weighted by Crippen LogP contribution is 2.24. The van der Waals surface area contributed by atoms with Crippen molar-refractivity contribution in [2.24, 2.45) is 0 Å². The van der Waals surface area contributed by atoms with Gasteiger partial charge < -0.3 is 30.3 Å². The standard InChI is InChI=1S/C28H36N8O3/c1-21-3-4-23(32-27(37)22-5-8-29-26(19-22)36-13-17-39-18-14-36)20-24(21)33-25-6-9-31-28(34-25)30-7-2-10-35-11-15-38-16-12-35/h3-6,8-9,19-20H,2,7,10-18H2,1H3,(H,32,37)(H2,30,31,33,34). The Labute approximate surface area is 228 Å². The zero-order valence-electron chi connectivity index (χ0n) is 22.4. The first-order valence-electron chi connectivity index (χ1n) is 13.5. The first kappa shape index (κ1) is 26.8. The number of hydrogen-bond donors (Lipinski definition) is 3. The Bertz CT molecular complexity index is 1240. The van der Waals surface area contributed by atoms with Crippen LogP contribution in [0.4, 0.5) is 29.0 Å². The molecule has 39 heavy (non-hydrogen) atoms. The van der Waals surface area contributed by atoms with Crippen molar-refractivity contribution in [3.63, 3.8) is 0 Å². The van der Waals surface area contributed by atoms with Crippen LogP contribution >= 0.6 is 0 Å². The van der Waals surface area contributed by atoms with E-state index in [2.05, 4.69) is 40.7 Å². The Morgan fingerprint density at radius 1 is 0.949 bits per heavy atom. The third kappa shape index (κ3) is 7.62. The molecule has 206 valence electrons. The van der Waals surface area contributed by atoms with Crippen molar-refractivity contribution < 1.29 is 14.3 Å². The van der Waals surface area contributed by atoms with Gasteiger partial charge in [0.05, 0.1) is 26.4 Å². The Balaban J connectivity index is 1.17. The summed E-state index contributed by atoms with van der Waals surface area (Å²) < 4.78 is 10.8. The highest BCUT2D eigenvalue weighted by Gasteiger charge is 2.15. The summed E-state index contributed by atoms with van der Waals surface area (Å²) in [6, 6.07) is 11.1. The van der Waals surface area contributed by atoms with Crippen molar-refractivity contribution in [3.05, 3.63) is 59.9 Å². The zero-order chi connectivity index (χ0) is 26.9. The van der Waals surface area contributed by atoms with Gasteiger partial charge in [-0.3, -0.25) is 9.69 Å². The Morgan fingerprint density at radius 2 is 1.72 bits per heavy atom. The molecule has 2 aromatic heterocycles. The highest BCUT2D eigenvalue weighted by molar-refractivity contribution is 6.05. The molecule has 2 aliphatic rings. The Morgan fingerprint density at radius 3 is 2.54 bits per heavy atom. The molecular formula is C28H36N8O3. The normalized spacial score (nSPS) is 16.1. The third-order valence-electron chi connectivity index (χ3n) is 6.79. The first-order valence-corrected chi connectivity index (χ1v) is 13.5. The van der Waals surface area contributed by atoms with E-state index >= 15 is 0 Å². The second-order valence-corrected chi connectivity index (χ2v) is 9.61. The summed E-state index contributed by atoms with van der Waals surface area (Å²) >= 11 is 0. The maximum atomic E-state index is 13.0. The number of aryl methyl sites for hydroxylation is 1. The predicted molar refractivity (Wildman–Crippen MR) is 152 cm³/mol. The molecule has 0 saturated carbocycles. The lowest BCUT2D eigenvalue weighted by atomic mass is 10.1. The fraction of sp³-hybridized carbons (Fsp3) is 0.429. The van der Waals surface area contributed by atoms with Crippen LogP contribution in [0.1, 0.15) is 22.3 Å². The topological polar surface area (TPSA) is 117 Å². The van der Waals surface area contributed by atoms with Crippen LogP contribution in [0.2, 0.25) is 0 Å². The summed E-state index contributed by atoms with van der Waals surface area (Å²) in [6.45, 7) is 10.3. The number of nitrogens with one attached hydrogen (secondary N) is 3. The second kappa shape index (κ2) is 13.3. The van der Waals surface area contributed by atoms with E-state index in [4.69, 9.17) is 9.47 Å². The Hall–Kier alpha value is -3.80. The molecular weight excluding hydrogens is 496 g/mol. The minimum Gasteiger partial charge on any atom is -0.379 e. The van der Waals surface area contributed by atoms with Crippen LogP contribution < -0.4 is 20.9 Å². The lowest BCUT2D eigenvalue weighted by Gasteiger charge is -2.27. The average Bonchev–Trinajstić information content (AvgIpc) is 2.98. The largest absolute Gasteiger partial charge is 0.379 e. The molecule has 11 nitrogen and oxygen atoms in total. The van der Waals surface area contributed by atoms with Crippen LogP contribution in [0.25, 0.3) is 0 Å². The minimum atomic E-state index is -0.188. The smallest absolute Gasteiger partial charge is 0.255 e. The van der Waals surface area contributed by atoms with Gasteiger partial charge in [-0.25, -0.2) is 9.97 Å². The molecule has 1 aromatic carbocycles. The van der Waals surface area contributed by atoms with Crippen LogP contribution in [0.5, 0.6) is 0 Å². The maximum absolute atomic E-state index is 13.0. The van der Waals surface area contributed by atoms with E-state index in [1.165, 1.54) is 0 Å². The monoisotopic (exact) mass is 532 g/mol. The van der Waals surface area contributed by atoms with Crippen molar-refractivity contribution in [1.82, 2.24) is 19.9 Å². The number of carbonyl (C=O) groups is 1. The minimum absolute atomic E-state index is 0.188. The van der Waals surface area contributed by atoms with E-state index in [-0.39, 0.29) is 5.91 Å². The molecule has 0 bridgehead atoms. The molecule has 0 spiro atoms. The van der Waals surface area contributed by atoms with E-state index in [1.807, 2.05) is 37.3 Å². The number of carbonyl (C=O) groups excluding carboxylic acids is 1. The van der Waals surface area contributed by atoms with Gasteiger partial charge in [-0.2, -0.15) is 4.98 Å². The van der Waals surface area contributed by atoms with Gasteiger partial charge in [-0.05, 0) is 55.8 Å². The molecule has 0 radical (unpaired) electrons. The van der Waals surface area contributed by atoms with Crippen LogP contribution in [0, 0.1) is 6.92 Å². The van der Waals surface area contributed by atoms with E-state index in [9.17, 15) is 4.79 Å². The molecule has 0 unspecified atom stereocenters.